The van der Waals surface area contributed by atoms with Crippen molar-refractivity contribution in [2.45, 2.75) is 27.4 Å². The van der Waals surface area contributed by atoms with E-state index >= 15 is 0 Å². The number of carbonyl (C=O) groups is 1. The lowest BCUT2D eigenvalue weighted by atomic mass is 10.1. The number of hydrogen-bond acceptors (Lipinski definition) is 3. The van der Waals surface area contributed by atoms with E-state index < -0.39 is 0 Å². The normalized spacial score (nSPS) is 10.2. The number of amides is 1. The predicted molar refractivity (Wildman–Crippen MR) is 70.9 cm³/mol. The van der Waals surface area contributed by atoms with E-state index in [1.165, 1.54) is 0 Å². The zero-order chi connectivity index (χ0) is 13.4. The molecule has 0 atom stereocenters. The maximum absolute atomic E-state index is 11.7. The molecule has 0 aliphatic carbocycles. The Balaban J connectivity index is 2.92. The molecule has 4 heteroatoms. The molecule has 1 N–H and O–H groups in total. The van der Waals surface area contributed by atoms with Gasteiger partial charge in [-0.15, -0.1) is 0 Å². The molecule has 1 aromatic rings. The number of hydrogen-bond donors (Lipinski definition) is 1. The van der Waals surface area contributed by atoms with Gasteiger partial charge >= 0.3 is 0 Å². The summed E-state index contributed by atoms with van der Waals surface area (Å²) in [5, 5.41) is 2.78. The third kappa shape index (κ3) is 4.04. The van der Waals surface area contributed by atoms with Gasteiger partial charge in [-0.3, -0.25) is 4.79 Å². The van der Waals surface area contributed by atoms with Crippen molar-refractivity contribution in [3.05, 3.63) is 29.3 Å². The van der Waals surface area contributed by atoms with Gasteiger partial charge in [0, 0.05) is 24.3 Å². The maximum Gasteiger partial charge on any atom is 0.251 e. The average Bonchev–Trinajstić information content (AvgIpc) is 2.38. The summed E-state index contributed by atoms with van der Waals surface area (Å²) in [6.07, 6.45) is 0. The van der Waals surface area contributed by atoms with E-state index in [0.717, 1.165) is 11.3 Å². The Hall–Kier alpha value is -1.55. The second-order valence-corrected chi connectivity index (χ2v) is 3.75. The van der Waals surface area contributed by atoms with Gasteiger partial charge in [0.25, 0.3) is 5.91 Å². The topological polar surface area (TPSA) is 47.6 Å². The van der Waals surface area contributed by atoms with Crippen molar-refractivity contribution in [1.82, 2.24) is 5.32 Å². The van der Waals surface area contributed by atoms with Gasteiger partial charge < -0.3 is 14.8 Å². The summed E-state index contributed by atoms with van der Waals surface area (Å²) in [6.45, 7) is 8.08. The first-order valence-electron chi connectivity index (χ1n) is 6.34. The Kier molecular flexibility index (Phi) is 6.22. The molecule has 0 aliphatic rings. The van der Waals surface area contributed by atoms with Crippen LogP contribution in [0, 0.1) is 0 Å². The number of nitrogens with one attached hydrogen (secondary N) is 1. The van der Waals surface area contributed by atoms with E-state index in [1.807, 2.05) is 32.9 Å². The van der Waals surface area contributed by atoms with Crippen LogP contribution in [0.3, 0.4) is 0 Å². The van der Waals surface area contributed by atoms with E-state index in [9.17, 15) is 4.79 Å². The van der Waals surface area contributed by atoms with E-state index in [0.29, 0.717) is 31.9 Å². The van der Waals surface area contributed by atoms with Gasteiger partial charge in [-0.1, -0.05) is 0 Å². The van der Waals surface area contributed by atoms with Crippen molar-refractivity contribution < 1.29 is 14.3 Å². The highest BCUT2D eigenvalue weighted by Crippen LogP contribution is 2.21. The first-order valence-corrected chi connectivity index (χ1v) is 6.34. The molecule has 0 aliphatic heterocycles. The second kappa shape index (κ2) is 7.71. The van der Waals surface area contributed by atoms with Crippen molar-refractivity contribution >= 4 is 5.91 Å². The van der Waals surface area contributed by atoms with Gasteiger partial charge in [0.2, 0.25) is 0 Å². The zero-order valence-corrected chi connectivity index (χ0v) is 11.3. The van der Waals surface area contributed by atoms with Crippen LogP contribution in [0.25, 0.3) is 0 Å². The van der Waals surface area contributed by atoms with Crippen molar-refractivity contribution in [3.8, 4) is 5.75 Å². The molecule has 0 unspecified atom stereocenters. The Bertz CT molecular complexity index is 391. The summed E-state index contributed by atoms with van der Waals surface area (Å²) in [5.41, 5.74) is 1.54. The first-order chi connectivity index (χ1) is 8.72. The van der Waals surface area contributed by atoms with Crippen LogP contribution < -0.4 is 10.1 Å². The maximum atomic E-state index is 11.7. The smallest absolute Gasteiger partial charge is 0.251 e. The molecule has 0 aromatic heterocycles. The number of benzene rings is 1. The fourth-order valence-electron chi connectivity index (χ4n) is 1.60. The first kappa shape index (κ1) is 14.5. The molecule has 1 aromatic carbocycles. The van der Waals surface area contributed by atoms with Crippen molar-refractivity contribution in [2.24, 2.45) is 0 Å². The quantitative estimate of drug-likeness (QED) is 0.809. The molecule has 1 amide bonds. The molecular weight excluding hydrogens is 230 g/mol. The summed E-state index contributed by atoms with van der Waals surface area (Å²) >= 11 is 0. The Morgan fingerprint density at radius 3 is 2.61 bits per heavy atom. The van der Waals surface area contributed by atoms with E-state index in [1.54, 1.807) is 6.07 Å². The largest absolute Gasteiger partial charge is 0.494 e. The SMILES string of the molecule is CCNC(=O)c1ccc(OCC)c(COCC)c1. The molecule has 0 saturated heterocycles. The lowest BCUT2D eigenvalue weighted by Crippen LogP contribution is -2.22. The van der Waals surface area contributed by atoms with Crippen molar-refractivity contribution in [3.63, 3.8) is 0 Å². The number of carbonyl (C=O) groups excluding carboxylic acids is 1. The van der Waals surface area contributed by atoms with E-state index in [-0.39, 0.29) is 5.91 Å². The molecule has 0 spiro atoms. The summed E-state index contributed by atoms with van der Waals surface area (Å²) in [7, 11) is 0. The molecule has 4 nitrogen and oxygen atoms in total. The highest BCUT2D eigenvalue weighted by molar-refractivity contribution is 5.94. The molecule has 1 rings (SSSR count). The highest BCUT2D eigenvalue weighted by Gasteiger charge is 2.09. The van der Waals surface area contributed by atoms with Gasteiger partial charge in [0.15, 0.2) is 0 Å². The van der Waals surface area contributed by atoms with Crippen LogP contribution in [-0.4, -0.2) is 25.7 Å². The molecule has 18 heavy (non-hydrogen) atoms. The summed E-state index contributed by atoms with van der Waals surface area (Å²) in [5.74, 6) is 0.706. The molecule has 100 valence electrons. The number of rotatable bonds is 7. The standard InChI is InChI=1S/C14H21NO3/c1-4-15-14(16)11-7-8-13(18-6-3)12(9-11)10-17-5-2/h7-9H,4-6,10H2,1-3H3,(H,15,16). The lowest BCUT2D eigenvalue weighted by Gasteiger charge is -2.12. The van der Waals surface area contributed by atoms with Gasteiger partial charge in [-0.25, -0.2) is 0 Å². The fourth-order valence-corrected chi connectivity index (χ4v) is 1.60. The second-order valence-electron chi connectivity index (χ2n) is 3.75. The van der Waals surface area contributed by atoms with Crippen LogP contribution in [0.1, 0.15) is 36.7 Å². The minimum atomic E-state index is -0.0710. The van der Waals surface area contributed by atoms with Gasteiger partial charge in [0.1, 0.15) is 5.75 Å². The van der Waals surface area contributed by atoms with Gasteiger partial charge in [0.05, 0.1) is 13.2 Å². The molecule has 0 saturated carbocycles. The predicted octanol–water partition coefficient (Wildman–Crippen LogP) is 2.37. The number of ether oxygens (including phenoxy) is 2. The van der Waals surface area contributed by atoms with Crippen LogP contribution >= 0.6 is 0 Å². The highest BCUT2D eigenvalue weighted by atomic mass is 16.5. The van der Waals surface area contributed by atoms with Crippen LogP contribution in [-0.2, 0) is 11.3 Å². The van der Waals surface area contributed by atoms with Crippen LogP contribution in [0.4, 0.5) is 0 Å². The van der Waals surface area contributed by atoms with Gasteiger partial charge in [-0.2, -0.15) is 0 Å². The Morgan fingerprint density at radius 2 is 2.00 bits per heavy atom. The summed E-state index contributed by atoms with van der Waals surface area (Å²) in [4.78, 5) is 11.7. The lowest BCUT2D eigenvalue weighted by molar-refractivity contribution is 0.0955. The minimum Gasteiger partial charge on any atom is -0.494 e. The molecule has 0 radical (unpaired) electrons. The van der Waals surface area contributed by atoms with Crippen molar-refractivity contribution in [1.29, 1.82) is 0 Å². The third-order valence-corrected chi connectivity index (χ3v) is 2.42. The third-order valence-electron chi connectivity index (χ3n) is 2.42. The van der Waals surface area contributed by atoms with E-state index in [2.05, 4.69) is 5.32 Å². The zero-order valence-electron chi connectivity index (χ0n) is 11.3. The molecule has 0 bridgehead atoms. The van der Waals surface area contributed by atoms with Crippen LogP contribution in [0.15, 0.2) is 18.2 Å². The Morgan fingerprint density at radius 1 is 1.22 bits per heavy atom. The van der Waals surface area contributed by atoms with Crippen molar-refractivity contribution in [2.75, 3.05) is 19.8 Å². The van der Waals surface area contributed by atoms with Crippen LogP contribution in [0.5, 0.6) is 5.75 Å². The molecule has 0 heterocycles. The monoisotopic (exact) mass is 251 g/mol. The Labute approximate surface area is 108 Å². The molecular formula is C14H21NO3. The molecule has 0 fully saturated rings. The fraction of sp³-hybridized carbons (Fsp3) is 0.500. The minimum absolute atomic E-state index is 0.0710. The van der Waals surface area contributed by atoms with E-state index in [4.69, 9.17) is 9.47 Å². The summed E-state index contributed by atoms with van der Waals surface area (Å²) in [6, 6.07) is 5.42. The van der Waals surface area contributed by atoms with Crippen LogP contribution in [0.2, 0.25) is 0 Å². The van der Waals surface area contributed by atoms with Gasteiger partial charge in [-0.05, 0) is 39.0 Å². The summed E-state index contributed by atoms with van der Waals surface area (Å²) < 4.78 is 10.9. The average molecular weight is 251 g/mol.